The Morgan fingerprint density at radius 2 is 1.26 bits per heavy atom. The summed E-state index contributed by atoms with van der Waals surface area (Å²) < 4.78 is 1.15. The van der Waals surface area contributed by atoms with Gasteiger partial charge >= 0.3 is 0 Å². The summed E-state index contributed by atoms with van der Waals surface area (Å²) in [5, 5.41) is 2.26. The minimum atomic E-state index is -0.317. The fourth-order valence-electron chi connectivity index (χ4n) is 5.57. The topological polar surface area (TPSA) is 3.24 Å². The van der Waals surface area contributed by atoms with Crippen LogP contribution in [0.3, 0.4) is 0 Å². The fourth-order valence-corrected chi connectivity index (χ4v) is 8.31. The SMILES string of the molecule is Brc1ccccc1CN1c2ccccc2C2(c3ccccc3Sc3ccccc32)c2sccc21. The van der Waals surface area contributed by atoms with E-state index in [9.17, 15) is 0 Å². The first-order chi connectivity index (χ1) is 16.8. The molecule has 0 bridgehead atoms. The number of nitrogens with zero attached hydrogens (tertiary/aromatic N) is 1. The highest BCUT2D eigenvalue weighted by atomic mass is 79.9. The largest absolute Gasteiger partial charge is 0.336 e. The van der Waals surface area contributed by atoms with Crippen LogP contribution in [0.2, 0.25) is 0 Å². The van der Waals surface area contributed by atoms with Crippen LogP contribution in [-0.2, 0) is 12.0 Å². The van der Waals surface area contributed by atoms with E-state index in [0.29, 0.717) is 0 Å². The standard InChI is InChI=1S/C30H20BrNS2/c31-24-13-5-1-9-20(24)19-32-25-14-6-2-10-21(25)30(29-26(32)17-18-33-29)22-11-3-7-15-27(22)34-28-16-8-4-12-23(28)30/h1-18H,19H2. The Hall–Kier alpha value is -2.79. The van der Waals surface area contributed by atoms with Crippen molar-refractivity contribution < 1.29 is 0 Å². The maximum Gasteiger partial charge on any atom is 0.0857 e. The van der Waals surface area contributed by atoms with Crippen LogP contribution in [0, 0.1) is 0 Å². The number of hydrogen-bond acceptors (Lipinski definition) is 3. The van der Waals surface area contributed by atoms with Gasteiger partial charge in [-0.05, 0) is 58.0 Å². The van der Waals surface area contributed by atoms with E-state index in [1.54, 1.807) is 0 Å². The van der Waals surface area contributed by atoms with E-state index in [0.717, 1.165) is 11.0 Å². The van der Waals surface area contributed by atoms with Crippen molar-refractivity contribution in [1.82, 2.24) is 0 Å². The lowest BCUT2D eigenvalue weighted by molar-refractivity contribution is 0.696. The van der Waals surface area contributed by atoms with Crippen molar-refractivity contribution in [2.75, 3.05) is 4.90 Å². The van der Waals surface area contributed by atoms with E-state index in [-0.39, 0.29) is 5.41 Å². The summed E-state index contributed by atoms with van der Waals surface area (Å²) in [6.07, 6.45) is 0. The Morgan fingerprint density at radius 3 is 2.00 bits per heavy atom. The second kappa shape index (κ2) is 7.88. The quantitative estimate of drug-likeness (QED) is 0.216. The van der Waals surface area contributed by atoms with Crippen molar-refractivity contribution in [1.29, 1.82) is 0 Å². The van der Waals surface area contributed by atoms with Gasteiger partial charge in [0.05, 0.1) is 11.1 Å². The van der Waals surface area contributed by atoms with Crippen LogP contribution in [0.4, 0.5) is 11.4 Å². The monoisotopic (exact) mass is 537 g/mol. The molecule has 7 rings (SSSR count). The summed E-state index contributed by atoms with van der Waals surface area (Å²) in [5.74, 6) is 0. The van der Waals surface area contributed by atoms with Gasteiger partial charge in [-0.2, -0.15) is 0 Å². The zero-order valence-corrected chi connectivity index (χ0v) is 21.5. The van der Waals surface area contributed by atoms with Crippen LogP contribution in [0.5, 0.6) is 0 Å². The van der Waals surface area contributed by atoms with E-state index in [1.807, 2.05) is 23.1 Å². The number of rotatable bonds is 2. The van der Waals surface area contributed by atoms with Crippen molar-refractivity contribution in [3.05, 3.63) is 140 Å². The third-order valence-electron chi connectivity index (χ3n) is 6.96. The molecule has 4 aromatic carbocycles. The van der Waals surface area contributed by atoms with Gasteiger partial charge in [-0.3, -0.25) is 0 Å². The first-order valence-corrected chi connectivity index (χ1v) is 13.8. The molecule has 164 valence electrons. The summed E-state index contributed by atoms with van der Waals surface area (Å²) in [6.45, 7) is 0.816. The molecule has 0 aliphatic carbocycles. The lowest BCUT2D eigenvalue weighted by Gasteiger charge is -2.47. The third kappa shape index (κ3) is 2.79. The highest BCUT2D eigenvalue weighted by Crippen LogP contribution is 2.63. The van der Waals surface area contributed by atoms with Crippen LogP contribution in [-0.4, -0.2) is 0 Å². The lowest BCUT2D eigenvalue weighted by atomic mass is 9.65. The Bertz CT molecular complexity index is 1510. The molecule has 4 heteroatoms. The Kier molecular flexibility index (Phi) is 4.77. The molecular formula is C30H20BrNS2. The van der Waals surface area contributed by atoms with Crippen molar-refractivity contribution in [2.45, 2.75) is 21.8 Å². The molecule has 0 saturated carbocycles. The maximum absolute atomic E-state index is 3.78. The first kappa shape index (κ1) is 20.6. The van der Waals surface area contributed by atoms with Gasteiger partial charge in [-0.15, -0.1) is 11.3 Å². The highest BCUT2D eigenvalue weighted by molar-refractivity contribution is 9.10. The van der Waals surface area contributed by atoms with E-state index >= 15 is 0 Å². The number of halogens is 1. The van der Waals surface area contributed by atoms with Crippen LogP contribution >= 0.6 is 39.0 Å². The van der Waals surface area contributed by atoms with E-state index in [4.69, 9.17) is 0 Å². The molecule has 0 saturated heterocycles. The summed E-state index contributed by atoms with van der Waals surface area (Å²) in [6, 6.07) is 37.8. The number of thiophene rings is 1. The number of para-hydroxylation sites is 1. The van der Waals surface area contributed by atoms with Gasteiger partial charge in [-0.1, -0.05) is 100 Å². The molecule has 2 aliphatic heterocycles. The number of fused-ring (bicyclic) bond motifs is 8. The summed E-state index contributed by atoms with van der Waals surface area (Å²) >= 11 is 7.55. The summed E-state index contributed by atoms with van der Waals surface area (Å²) in [5.41, 5.74) is 7.67. The predicted octanol–water partition coefficient (Wildman–Crippen LogP) is 9.01. The minimum absolute atomic E-state index is 0.317. The zero-order valence-electron chi connectivity index (χ0n) is 18.2. The molecule has 34 heavy (non-hydrogen) atoms. The Balaban J connectivity index is 1.56. The molecule has 0 atom stereocenters. The van der Waals surface area contributed by atoms with Crippen molar-refractivity contribution in [3.8, 4) is 0 Å². The second-order valence-electron chi connectivity index (χ2n) is 8.67. The van der Waals surface area contributed by atoms with Crippen molar-refractivity contribution in [2.24, 2.45) is 0 Å². The maximum atomic E-state index is 3.78. The lowest BCUT2D eigenvalue weighted by Crippen LogP contribution is -2.39. The predicted molar refractivity (Wildman–Crippen MR) is 147 cm³/mol. The number of benzene rings is 4. The van der Waals surface area contributed by atoms with Gasteiger partial charge in [0, 0.05) is 31.4 Å². The van der Waals surface area contributed by atoms with Gasteiger partial charge in [0.15, 0.2) is 0 Å². The average Bonchev–Trinajstić information content (AvgIpc) is 3.37. The Labute approximate surface area is 216 Å². The molecule has 0 unspecified atom stereocenters. The van der Waals surface area contributed by atoms with Gasteiger partial charge < -0.3 is 4.90 Å². The van der Waals surface area contributed by atoms with Gasteiger partial charge in [-0.25, -0.2) is 0 Å². The molecule has 0 amide bonds. The van der Waals surface area contributed by atoms with Crippen LogP contribution in [0.15, 0.2) is 123 Å². The smallest absolute Gasteiger partial charge is 0.0857 e. The van der Waals surface area contributed by atoms with Gasteiger partial charge in [0.2, 0.25) is 0 Å². The van der Waals surface area contributed by atoms with E-state index in [2.05, 4.69) is 129 Å². The van der Waals surface area contributed by atoms with Crippen LogP contribution in [0.1, 0.15) is 27.1 Å². The first-order valence-electron chi connectivity index (χ1n) is 11.3. The van der Waals surface area contributed by atoms with E-state index in [1.165, 1.54) is 48.3 Å². The number of hydrogen-bond donors (Lipinski definition) is 0. The molecule has 2 aliphatic rings. The van der Waals surface area contributed by atoms with Crippen molar-refractivity contribution in [3.63, 3.8) is 0 Å². The van der Waals surface area contributed by atoms with Crippen LogP contribution in [0.25, 0.3) is 0 Å². The van der Waals surface area contributed by atoms with Crippen LogP contribution < -0.4 is 4.90 Å². The second-order valence-corrected chi connectivity index (χ2v) is 11.5. The molecule has 0 N–H and O–H groups in total. The molecule has 0 radical (unpaired) electrons. The summed E-state index contributed by atoms with van der Waals surface area (Å²) in [4.78, 5) is 6.59. The molecular weight excluding hydrogens is 518 g/mol. The number of anilines is 2. The fraction of sp³-hybridized carbons (Fsp3) is 0.0667. The summed E-state index contributed by atoms with van der Waals surface area (Å²) in [7, 11) is 0. The Morgan fingerprint density at radius 1 is 0.647 bits per heavy atom. The molecule has 1 nitrogen and oxygen atoms in total. The average molecular weight is 539 g/mol. The minimum Gasteiger partial charge on any atom is -0.336 e. The molecule has 3 heterocycles. The molecule has 1 aromatic heterocycles. The zero-order chi connectivity index (χ0) is 22.7. The highest BCUT2D eigenvalue weighted by Gasteiger charge is 2.50. The normalized spacial score (nSPS) is 14.8. The molecule has 1 spiro atoms. The third-order valence-corrected chi connectivity index (χ3v) is 9.91. The van der Waals surface area contributed by atoms with Crippen molar-refractivity contribution >= 4 is 50.4 Å². The van der Waals surface area contributed by atoms with Gasteiger partial charge in [0.1, 0.15) is 0 Å². The van der Waals surface area contributed by atoms with Gasteiger partial charge in [0.25, 0.3) is 0 Å². The van der Waals surface area contributed by atoms with E-state index < -0.39 is 0 Å². The molecule has 0 fully saturated rings. The molecule has 5 aromatic rings.